The SMILES string of the molecule is CC(=O)c1ccc(NC(=O)/C=C(/C)C(=O)NC(CCC(N)=O)C(=O)O)cc1. The number of amides is 3. The molecule has 5 N–H and O–H groups in total. The molecule has 0 aliphatic rings. The third-order valence-corrected chi connectivity index (χ3v) is 3.55. The van der Waals surface area contributed by atoms with E-state index in [0.717, 1.165) is 6.08 Å². The zero-order valence-electron chi connectivity index (χ0n) is 14.9. The van der Waals surface area contributed by atoms with Crippen LogP contribution >= 0.6 is 0 Å². The molecule has 3 amide bonds. The van der Waals surface area contributed by atoms with Crippen molar-refractivity contribution in [3.05, 3.63) is 41.5 Å². The highest BCUT2D eigenvalue weighted by Crippen LogP contribution is 2.10. The smallest absolute Gasteiger partial charge is 0.326 e. The summed E-state index contributed by atoms with van der Waals surface area (Å²) in [5, 5.41) is 13.8. The van der Waals surface area contributed by atoms with Gasteiger partial charge in [0.15, 0.2) is 5.78 Å². The van der Waals surface area contributed by atoms with Gasteiger partial charge in [-0.1, -0.05) is 0 Å². The second-order valence-corrected chi connectivity index (χ2v) is 5.82. The number of carboxylic acid groups (broad SMARTS) is 1. The first-order valence-corrected chi connectivity index (χ1v) is 8.02. The molecule has 0 bridgehead atoms. The predicted octanol–water partition coefficient (Wildman–Crippen LogP) is 0.609. The van der Waals surface area contributed by atoms with Crippen LogP contribution in [0.5, 0.6) is 0 Å². The third kappa shape index (κ3) is 7.51. The number of aliphatic carboxylic acids is 1. The number of ketones is 1. The van der Waals surface area contributed by atoms with E-state index in [1.54, 1.807) is 24.3 Å². The van der Waals surface area contributed by atoms with Crippen LogP contribution < -0.4 is 16.4 Å². The molecule has 0 fully saturated rings. The number of nitrogens with two attached hydrogens (primary N) is 1. The van der Waals surface area contributed by atoms with Gasteiger partial charge in [0.05, 0.1) is 0 Å². The monoisotopic (exact) mass is 375 g/mol. The molecular weight excluding hydrogens is 354 g/mol. The lowest BCUT2D eigenvalue weighted by Crippen LogP contribution is -2.41. The maximum atomic E-state index is 12.0. The van der Waals surface area contributed by atoms with Gasteiger partial charge in [0.2, 0.25) is 17.7 Å². The van der Waals surface area contributed by atoms with Crippen LogP contribution in [0.25, 0.3) is 0 Å². The second kappa shape index (κ2) is 9.85. The van der Waals surface area contributed by atoms with E-state index in [2.05, 4.69) is 10.6 Å². The Kier molecular flexibility index (Phi) is 7.87. The Labute approximate surface area is 155 Å². The number of carboxylic acids is 1. The van der Waals surface area contributed by atoms with Crippen molar-refractivity contribution in [2.45, 2.75) is 32.7 Å². The summed E-state index contributed by atoms with van der Waals surface area (Å²) in [6.07, 6.45) is 0.663. The van der Waals surface area contributed by atoms with Crippen molar-refractivity contribution in [3.8, 4) is 0 Å². The Morgan fingerprint density at radius 1 is 1.11 bits per heavy atom. The van der Waals surface area contributed by atoms with E-state index in [-0.39, 0.29) is 24.2 Å². The first kappa shape index (κ1) is 21.6. The molecule has 1 rings (SSSR count). The molecule has 1 atom stereocenters. The molecule has 1 aromatic rings. The Morgan fingerprint density at radius 3 is 2.19 bits per heavy atom. The molecule has 0 aromatic heterocycles. The van der Waals surface area contributed by atoms with Crippen molar-refractivity contribution >= 4 is 35.2 Å². The Morgan fingerprint density at radius 2 is 1.70 bits per heavy atom. The van der Waals surface area contributed by atoms with Crippen LogP contribution in [0.4, 0.5) is 5.69 Å². The summed E-state index contributed by atoms with van der Waals surface area (Å²) in [5.41, 5.74) is 5.88. The molecule has 0 heterocycles. The fourth-order valence-corrected chi connectivity index (χ4v) is 2.04. The lowest BCUT2D eigenvalue weighted by Gasteiger charge is -2.13. The van der Waals surface area contributed by atoms with Crippen LogP contribution in [0, 0.1) is 0 Å². The number of anilines is 1. The molecular formula is C18H21N3O6. The van der Waals surface area contributed by atoms with Gasteiger partial charge in [-0.3, -0.25) is 19.2 Å². The van der Waals surface area contributed by atoms with Gasteiger partial charge in [-0.15, -0.1) is 0 Å². The quantitative estimate of drug-likeness (QED) is 0.366. The number of carbonyl (C=O) groups excluding carboxylic acids is 4. The Bertz CT molecular complexity index is 783. The van der Waals surface area contributed by atoms with Crippen LogP contribution in [0.2, 0.25) is 0 Å². The molecule has 0 saturated heterocycles. The molecule has 0 radical (unpaired) electrons. The van der Waals surface area contributed by atoms with Gasteiger partial charge < -0.3 is 21.5 Å². The third-order valence-electron chi connectivity index (χ3n) is 3.55. The normalized spacial score (nSPS) is 12.0. The fraction of sp³-hybridized carbons (Fsp3) is 0.278. The van der Waals surface area contributed by atoms with Gasteiger partial charge in [0, 0.05) is 29.3 Å². The summed E-state index contributed by atoms with van der Waals surface area (Å²) in [4.78, 5) is 57.1. The standard InChI is InChI=1S/C18H21N3O6/c1-10(17(25)21-14(18(26)27)7-8-15(19)23)9-16(24)20-13-5-3-12(4-6-13)11(2)22/h3-6,9,14H,7-8H2,1-2H3,(H2,19,23)(H,20,24)(H,21,25)(H,26,27)/b10-9-. The minimum absolute atomic E-state index is 0.0156. The van der Waals surface area contributed by atoms with Crippen LogP contribution in [0.15, 0.2) is 35.9 Å². The van der Waals surface area contributed by atoms with Crippen molar-refractivity contribution in [1.82, 2.24) is 5.32 Å². The topological polar surface area (TPSA) is 156 Å². The van der Waals surface area contributed by atoms with E-state index in [1.165, 1.54) is 13.8 Å². The summed E-state index contributed by atoms with van der Waals surface area (Å²) in [6.45, 7) is 2.77. The number of nitrogens with one attached hydrogen (secondary N) is 2. The Hall–Kier alpha value is -3.49. The van der Waals surface area contributed by atoms with Gasteiger partial charge in [-0.05, 0) is 44.5 Å². The van der Waals surface area contributed by atoms with Crippen molar-refractivity contribution < 1.29 is 29.1 Å². The fourth-order valence-electron chi connectivity index (χ4n) is 2.04. The largest absolute Gasteiger partial charge is 0.480 e. The highest BCUT2D eigenvalue weighted by atomic mass is 16.4. The predicted molar refractivity (Wildman–Crippen MR) is 96.8 cm³/mol. The van der Waals surface area contributed by atoms with Gasteiger partial charge >= 0.3 is 5.97 Å². The van der Waals surface area contributed by atoms with Gasteiger partial charge in [0.1, 0.15) is 6.04 Å². The highest BCUT2D eigenvalue weighted by molar-refractivity contribution is 6.06. The molecule has 0 spiro atoms. The van der Waals surface area contributed by atoms with E-state index in [0.29, 0.717) is 11.3 Å². The highest BCUT2D eigenvalue weighted by Gasteiger charge is 2.21. The van der Waals surface area contributed by atoms with Crippen molar-refractivity contribution in [3.63, 3.8) is 0 Å². The number of benzene rings is 1. The van der Waals surface area contributed by atoms with Gasteiger partial charge in [-0.25, -0.2) is 4.79 Å². The van der Waals surface area contributed by atoms with Gasteiger partial charge in [0.25, 0.3) is 0 Å². The van der Waals surface area contributed by atoms with E-state index >= 15 is 0 Å². The molecule has 9 heteroatoms. The molecule has 0 saturated carbocycles. The summed E-state index contributed by atoms with van der Waals surface area (Å²) in [6, 6.07) is 4.90. The maximum absolute atomic E-state index is 12.0. The van der Waals surface area contributed by atoms with Crippen LogP contribution in [0.3, 0.4) is 0 Å². The molecule has 0 aliphatic heterocycles. The molecule has 0 aliphatic carbocycles. The first-order chi connectivity index (χ1) is 12.6. The van der Waals surface area contributed by atoms with E-state index < -0.39 is 29.7 Å². The van der Waals surface area contributed by atoms with E-state index in [1.807, 2.05) is 0 Å². The summed E-state index contributed by atoms with van der Waals surface area (Å²) in [5.74, 6) is -3.45. The number of primary amides is 1. The summed E-state index contributed by atoms with van der Waals surface area (Å²) >= 11 is 0. The number of carbonyl (C=O) groups is 5. The molecule has 1 unspecified atom stereocenters. The van der Waals surface area contributed by atoms with E-state index in [4.69, 9.17) is 10.8 Å². The lowest BCUT2D eigenvalue weighted by molar-refractivity contribution is -0.141. The summed E-state index contributed by atoms with van der Waals surface area (Å²) < 4.78 is 0. The average molecular weight is 375 g/mol. The molecule has 9 nitrogen and oxygen atoms in total. The molecule has 144 valence electrons. The number of rotatable bonds is 9. The Balaban J connectivity index is 2.70. The van der Waals surface area contributed by atoms with Crippen LogP contribution in [0.1, 0.15) is 37.0 Å². The van der Waals surface area contributed by atoms with Crippen molar-refractivity contribution in [2.75, 3.05) is 5.32 Å². The van der Waals surface area contributed by atoms with Gasteiger partial charge in [-0.2, -0.15) is 0 Å². The van der Waals surface area contributed by atoms with Crippen LogP contribution in [-0.4, -0.2) is 40.6 Å². The number of Topliss-reactive ketones (excluding diaryl/α,β-unsaturated/α-hetero) is 1. The van der Waals surface area contributed by atoms with Crippen molar-refractivity contribution in [2.24, 2.45) is 5.73 Å². The van der Waals surface area contributed by atoms with E-state index in [9.17, 15) is 24.0 Å². The first-order valence-electron chi connectivity index (χ1n) is 8.02. The lowest BCUT2D eigenvalue weighted by atomic mass is 10.1. The minimum atomic E-state index is -1.31. The van der Waals surface area contributed by atoms with Crippen molar-refractivity contribution in [1.29, 1.82) is 0 Å². The molecule has 1 aromatic carbocycles. The maximum Gasteiger partial charge on any atom is 0.326 e. The second-order valence-electron chi connectivity index (χ2n) is 5.82. The summed E-state index contributed by atoms with van der Waals surface area (Å²) in [7, 11) is 0. The molecule has 27 heavy (non-hydrogen) atoms. The average Bonchev–Trinajstić information content (AvgIpc) is 2.58. The zero-order chi connectivity index (χ0) is 20.6. The van der Waals surface area contributed by atoms with Crippen LogP contribution in [-0.2, 0) is 19.2 Å². The number of hydrogen-bond acceptors (Lipinski definition) is 5. The number of hydrogen-bond donors (Lipinski definition) is 4. The zero-order valence-corrected chi connectivity index (χ0v) is 14.9. The minimum Gasteiger partial charge on any atom is -0.480 e.